The van der Waals surface area contributed by atoms with Crippen molar-refractivity contribution in [3.8, 4) is 0 Å². The first kappa shape index (κ1) is 13.4. The number of anilines is 1. The third-order valence-corrected chi connectivity index (χ3v) is 5.00. The summed E-state index contributed by atoms with van der Waals surface area (Å²) in [4.78, 5) is 3.80. The lowest BCUT2D eigenvalue weighted by Gasteiger charge is -2.21. The molecule has 102 valence electrons. The van der Waals surface area contributed by atoms with Gasteiger partial charge in [-0.25, -0.2) is 18.1 Å². The molecule has 0 amide bonds. The normalized spacial score (nSPS) is 18.1. The SMILES string of the molecule is Cn1cnc(N)c1S(=O)(=O)NCC1CCCCC1. The summed E-state index contributed by atoms with van der Waals surface area (Å²) in [5, 5.41) is 0.0540. The summed E-state index contributed by atoms with van der Waals surface area (Å²) in [6, 6.07) is 0. The number of aryl methyl sites for hydroxylation is 1. The molecule has 6 nitrogen and oxygen atoms in total. The number of nitrogens with zero attached hydrogens (tertiary/aromatic N) is 2. The minimum atomic E-state index is -3.55. The predicted octanol–water partition coefficient (Wildman–Crippen LogP) is 0.861. The molecule has 0 aliphatic heterocycles. The number of hydrogen-bond acceptors (Lipinski definition) is 4. The van der Waals surface area contributed by atoms with E-state index in [-0.39, 0.29) is 10.8 Å². The van der Waals surface area contributed by atoms with Crippen LogP contribution in [0, 0.1) is 5.92 Å². The van der Waals surface area contributed by atoms with Crippen molar-refractivity contribution in [2.75, 3.05) is 12.3 Å². The highest BCUT2D eigenvalue weighted by atomic mass is 32.2. The van der Waals surface area contributed by atoms with Crippen LogP contribution in [0.25, 0.3) is 0 Å². The molecule has 0 atom stereocenters. The average molecular weight is 272 g/mol. The lowest BCUT2D eigenvalue weighted by molar-refractivity contribution is 0.357. The van der Waals surface area contributed by atoms with Gasteiger partial charge in [0.15, 0.2) is 10.8 Å². The number of nitrogens with two attached hydrogens (primary N) is 1. The Morgan fingerprint density at radius 3 is 2.67 bits per heavy atom. The van der Waals surface area contributed by atoms with Crippen molar-refractivity contribution in [1.29, 1.82) is 0 Å². The smallest absolute Gasteiger partial charge is 0.260 e. The molecule has 1 aromatic heterocycles. The average Bonchev–Trinajstić information content (AvgIpc) is 2.69. The summed E-state index contributed by atoms with van der Waals surface area (Å²) in [6.45, 7) is 0.493. The topological polar surface area (TPSA) is 90.0 Å². The van der Waals surface area contributed by atoms with Crippen molar-refractivity contribution in [3.63, 3.8) is 0 Å². The van der Waals surface area contributed by atoms with Gasteiger partial charge in [0.2, 0.25) is 0 Å². The number of sulfonamides is 1. The maximum atomic E-state index is 12.1. The summed E-state index contributed by atoms with van der Waals surface area (Å²) >= 11 is 0. The van der Waals surface area contributed by atoms with Gasteiger partial charge < -0.3 is 10.3 Å². The molecule has 1 heterocycles. The molecule has 1 aliphatic carbocycles. The third kappa shape index (κ3) is 2.84. The second-order valence-corrected chi connectivity index (χ2v) is 6.58. The van der Waals surface area contributed by atoms with Crippen LogP contribution in [0.15, 0.2) is 11.4 Å². The Bertz CT molecular complexity index is 484. The Kier molecular flexibility index (Phi) is 3.91. The Balaban J connectivity index is 2.03. The Morgan fingerprint density at radius 2 is 2.11 bits per heavy atom. The zero-order valence-corrected chi connectivity index (χ0v) is 11.4. The van der Waals surface area contributed by atoms with Crippen molar-refractivity contribution < 1.29 is 8.42 Å². The quantitative estimate of drug-likeness (QED) is 0.850. The van der Waals surface area contributed by atoms with Crippen molar-refractivity contribution >= 4 is 15.8 Å². The molecule has 0 spiro atoms. The van der Waals surface area contributed by atoms with E-state index in [2.05, 4.69) is 9.71 Å². The molecule has 18 heavy (non-hydrogen) atoms. The molecule has 0 bridgehead atoms. The molecule has 3 N–H and O–H groups in total. The largest absolute Gasteiger partial charge is 0.381 e. The van der Waals surface area contributed by atoms with Crippen LogP contribution in [0.5, 0.6) is 0 Å². The van der Waals surface area contributed by atoms with Crippen LogP contribution in [-0.2, 0) is 17.1 Å². The zero-order valence-electron chi connectivity index (χ0n) is 10.6. The van der Waals surface area contributed by atoms with Gasteiger partial charge in [-0.05, 0) is 18.8 Å². The van der Waals surface area contributed by atoms with E-state index >= 15 is 0 Å². The molecule has 1 aromatic rings. The van der Waals surface area contributed by atoms with Crippen molar-refractivity contribution in [1.82, 2.24) is 14.3 Å². The second-order valence-electron chi connectivity index (χ2n) is 4.90. The molecule has 1 fully saturated rings. The minimum absolute atomic E-state index is 0.0497. The fourth-order valence-electron chi connectivity index (χ4n) is 2.45. The van der Waals surface area contributed by atoms with Gasteiger partial charge in [0.1, 0.15) is 0 Å². The van der Waals surface area contributed by atoms with Crippen LogP contribution in [0.2, 0.25) is 0 Å². The van der Waals surface area contributed by atoms with Crippen molar-refractivity contribution in [2.24, 2.45) is 13.0 Å². The van der Waals surface area contributed by atoms with E-state index in [4.69, 9.17) is 5.73 Å². The van der Waals surface area contributed by atoms with Gasteiger partial charge >= 0.3 is 0 Å². The van der Waals surface area contributed by atoms with Crippen molar-refractivity contribution in [2.45, 2.75) is 37.1 Å². The Morgan fingerprint density at radius 1 is 1.44 bits per heavy atom. The van der Waals surface area contributed by atoms with Crippen molar-refractivity contribution in [3.05, 3.63) is 6.33 Å². The molecule has 0 saturated heterocycles. The number of nitrogen functional groups attached to an aromatic ring is 1. The van der Waals surface area contributed by atoms with Gasteiger partial charge in [0.05, 0.1) is 6.33 Å². The first-order valence-corrected chi connectivity index (χ1v) is 7.75. The van der Waals surface area contributed by atoms with Crippen LogP contribution in [0.1, 0.15) is 32.1 Å². The predicted molar refractivity (Wildman–Crippen MR) is 69.4 cm³/mol. The molecular weight excluding hydrogens is 252 g/mol. The maximum absolute atomic E-state index is 12.1. The standard InChI is InChI=1S/C11H20N4O2S/c1-15-8-13-10(12)11(15)18(16,17)14-7-9-5-3-2-4-6-9/h8-9,14H,2-7,12H2,1H3. The lowest BCUT2D eigenvalue weighted by Crippen LogP contribution is -2.31. The van der Waals surface area contributed by atoms with Gasteiger partial charge in [-0.1, -0.05) is 19.3 Å². The van der Waals surface area contributed by atoms with E-state index in [0.717, 1.165) is 12.8 Å². The van der Waals surface area contributed by atoms with E-state index in [0.29, 0.717) is 12.5 Å². The molecule has 0 radical (unpaired) electrons. The van der Waals surface area contributed by atoms with E-state index < -0.39 is 10.0 Å². The number of imidazole rings is 1. The summed E-state index contributed by atoms with van der Waals surface area (Å²) in [7, 11) is -1.93. The van der Waals surface area contributed by atoms with Gasteiger partial charge in [-0.3, -0.25) is 0 Å². The highest BCUT2D eigenvalue weighted by Crippen LogP contribution is 2.23. The van der Waals surface area contributed by atoms with E-state index in [1.165, 1.54) is 30.2 Å². The number of nitrogens with one attached hydrogen (secondary N) is 1. The fourth-order valence-corrected chi connectivity index (χ4v) is 3.80. The van der Waals surface area contributed by atoms with Crippen LogP contribution in [-0.4, -0.2) is 24.5 Å². The second kappa shape index (κ2) is 5.27. The molecule has 7 heteroatoms. The number of hydrogen-bond donors (Lipinski definition) is 2. The number of rotatable bonds is 4. The van der Waals surface area contributed by atoms with Gasteiger partial charge in [-0.15, -0.1) is 0 Å². The fraction of sp³-hybridized carbons (Fsp3) is 0.727. The van der Waals surface area contributed by atoms with Crippen LogP contribution < -0.4 is 10.5 Å². The molecule has 1 saturated carbocycles. The van der Waals surface area contributed by atoms with E-state index in [1.54, 1.807) is 7.05 Å². The van der Waals surface area contributed by atoms with Crippen LogP contribution >= 0.6 is 0 Å². The molecule has 2 rings (SSSR count). The number of aromatic nitrogens is 2. The first-order valence-electron chi connectivity index (χ1n) is 6.27. The summed E-state index contributed by atoms with van der Waals surface area (Å²) < 4.78 is 28.3. The Labute approximate surface area is 108 Å². The monoisotopic (exact) mass is 272 g/mol. The van der Waals surface area contributed by atoms with Crippen LogP contribution in [0.4, 0.5) is 5.82 Å². The Hall–Kier alpha value is -1.08. The van der Waals surface area contributed by atoms with Crippen LogP contribution in [0.3, 0.4) is 0 Å². The molecule has 1 aliphatic rings. The summed E-state index contributed by atoms with van der Waals surface area (Å²) in [5.41, 5.74) is 5.59. The van der Waals surface area contributed by atoms with E-state index in [9.17, 15) is 8.42 Å². The summed E-state index contributed by atoms with van der Waals surface area (Å²) in [6.07, 6.45) is 7.26. The highest BCUT2D eigenvalue weighted by Gasteiger charge is 2.23. The first-order chi connectivity index (χ1) is 8.50. The highest BCUT2D eigenvalue weighted by molar-refractivity contribution is 7.89. The maximum Gasteiger partial charge on any atom is 0.260 e. The van der Waals surface area contributed by atoms with Gasteiger partial charge in [0.25, 0.3) is 10.0 Å². The van der Waals surface area contributed by atoms with E-state index in [1.807, 2.05) is 0 Å². The van der Waals surface area contributed by atoms with Gasteiger partial charge in [0, 0.05) is 13.6 Å². The van der Waals surface area contributed by atoms with Gasteiger partial charge in [-0.2, -0.15) is 0 Å². The lowest BCUT2D eigenvalue weighted by atomic mass is 9.90. The zero-order chi connectivity index (χ0) is 13.2. The molecular formula is C11H20N4O2S. The third-order valence-electron chi connectivity index (χ3n) is 3.45. The molecule has 0 aromatic carbocycles. The minimum Gasteiger partial charge on any atom is -0.381 e. The molecule has 0 unspecified atom stereocenters. The summed E-state index contributed by atoms with van der Waals surface area (Å²) in [5.74, 6) is 0.497.